The van der Waals surface area contributed by atoms with E-state index in [-0.39, 0.29) is 11.5 Å². The van der Waals surface area contributed by atoms with E-state index in [4.69, 9.17) is 9.84 Å². The molecule has 0 radical (unpaired) electrons. The Morgan fingerprint density at radius 1 is 0.939 bits per heavy atom. The second-order valence-corrected chi connectivity index (χ2v) is 8.69. The Kier molecular flexibility index (Phi) is 7.08. The Morgan fingerprint density at radius 2 is 1.64 bits per heavy atom. The third-order valence-corrected chi connectivity index (χ3v) is 6.35. The van der Waals surface area contributed by atoms with Gasteiger partial charge >= 0.3 is 5.97 Å². The predicted molar refractivity (Wildman–Crippen MR) is 127 cm³/mol. The van der Waals surface area contributed by atoms with Crippen LogP contribution in [0, 0.1) is 5.92 Å². The van der Waals surface area contributed by atoms with Gasteiger partial charge < -0.3 is 14.7 Å². The Labute approximate surface area is 194 Å². The quantitative estimate of drug-likeness (QED) is 0.525. The average Bonchev–Trinajstić information content (AvgIpc) is 2.84. The molecule has 0 aromatic heterocycles. The van der Waals surface area contributed by atoms with Crippen LogP contribution in [-0.2, 0) is 30.7 Å². The van der Waals surface area contributed by atoms with Crippen LogP contribution < -0.4 is 4.74 Å². The van der Waals surface area contributed by atoms with E-state index in [1.165, 1.54) is 11.1 Å². The van der Waals surface area contributed by atoms with Crippen molar-refractivity contribution in [2.45, 2.75) is 38.8 Å². The van der Waals surface area contributed by atoms with Crippen molar-refractivity contribution >= 4 is 11.9 Å². The summed E-state index contributed by atoms with van der Waals surface area (Å²) in [6, 6.07) is 23.0. The number of ether oxygens (including phenoxy) is 1. The molecular weight excluding hydrogens is 414 g/mol. The molecule has 0 fully saturated rings. The second-order valence-electron chi connectivity index (χ2n) is 8.69. The highest BCUT2D eigenvalue weighted by molar-refractivity contribution is 5.87. The molecule has 0 saturated carbocycles. The molecule has 33 heavy (non-hydrogen) atoms. The lowest BCUT2D eigenvalue weighted by atomic mass is 9.82. The van der Waals surface area contributed by atoms with E-state index in [0.717, 1.165) is 36.1 Å². The van der Waals surface area contributed by atoms with Gasteiger partial charge in [-0.15, -0.1) is 0 Å². The largest absolute Gasteiger partial charge is 0.497 e. The fourth-order valence-corrected chi connectivity index (χ4v) is 4.49. The van der Waals surface area contributed by atoms with Crippen LogP contribution >= 0.6 is 0 Å². The first kappa shape index (κ1) is 22.6. The standard InChI is InChI=1S/C28H29NO4/c1-33-26-14-13-24-15-22(9-12-25(24)17-26)16-27(30)29(18-20-5-3-2-4-6-20)19-21-7-10-23(11-8-21)28(31)32/h2-8,10-11,13-14,17,22H,9,12,15-16,18-19H2,1H3,(H,31,32)/t22-/m0/s1. The monoisotopic (exact) mass is 443 g/mol. The summed E-state index contributed by atoms with van der Waals surface area (Å²) in [7, 11) is 1.68. The number of carboxylic acid groups (broad SMARTS) is 1. The van der Waals surface area contributed by atoms with Gasteiger partial charge in [0.25, 0.3) is 0 Å². The predicted octanol–water partition coefficient (Wildman–Crippen LogP) is 5.12. The van der Waals surface area contributed by atoms with E-state index >= 15 is 0 Å². The molecule has 4 rings (SSSR count). The van der Waals surface area contributed by atoms with Crippen molar-refractivity contribution in [1.29, 1.82) is 0 Å². The van der Waals surface area contributed by atoms with Crippen LogP contribution in [0.1, 0.15) is 45.5 Å². The average molecular weight is 444 g/mol. The molecule has 1 aliphatic carbocycles. The van der Waals surface area contributed by atoms with Crippen LogP contribution in [0.2, 0.25) is 0 Å². The molecule has 0 unspecified atom stereocenters. The zero-order valence-electron chi connectivity index (χ0n) is 18.9. The van der Waals surface area contributed by atoms with Crippen LogP contribution in [0.5, 0.6) is 5.75 Å². The van der Waals surface area contributed by atoms with Crippen LogP contribution in [0.15, 0.2) is 72.8 Å². The van der Waals surface area contributed by atoms with Gasteiger partial charge in [-0.3, -0.25) is 4.79 Å². The highest BCUT2D eigenvalue weighted by atomic mass is 16.5. The van der Waals surface area contributed by atoms with Crippen molar-refractivity contribution in [3.8, 4) is 5.75 Å². The van der Waals surface area contributed by atoms with Gasteiger partial charge in [-0.25, -0.2) is 4.79 Å². The minimum Gasteiger partial charge on any atom is -0.497 e. The number of carbonyl (C=O) groups is 2. The van der Waals surface area contributed by atoms with E-state index in [1.807, 2.05) is 41.3 Å². The van der Waals surface area contributed by atoms with Crippen molar-refractivity contribution < 1.29 is 19.4 Å². The van der Waals surface area contributed by atoms with Crippen molar-refractivity contribution in [2.24, 2.45) is 5.92 Å². The number of aromatic carboxylic acids is 1. The van der Waals surface area contributed by atoms with Crippen LogP contribution in [0.25, 0.3) is 0 Å². The van der Waals surface area contributed by atoms with E-state index in [2.05, 4.69) is 12.1 Å². The fourth-order valence-electron chi connectivity index (χ4n) is 4.49. The van der Waals surface area contributed by atoms with Gasteiger partial charge in [-0.2, -0.15) is 0 Å². The number of carboxylic acids is 1. The smallest absolute Gasteiger partial charge is 0.335 e. The van der Waals surface area contributed by atoms with Crippen LogP contribution in [0.4, 0.5) is 0 Å². The summed E-state index contributed by atoms with van der Waals surface area (Å²) in [6.07, 6.45) is 3.35. The van der Waals surface area contributed by atoms with Crippen molar-refractivity contribution in [3.63, 3.8) is 0 Å². The first-order valence-corrected chi connectivity index (χ1v) is 11.3. The highest BCUT2D eigenvalue weighted by Gasteiger charge is 2.24. The molecule has 0 spiro atoms. The normalized spacial score (nSPS) is 14.9. The molecule has 0 heterocycles. The molecule has 0 bridgehead atoms. The number of amides is 1. The maximum Gasteiger partial charge on any atom is 0.335 e. The van der Waals surface area contributed by atoms with Gasteiger partial charge in [0.05, 0.1) is 12.7 Å². The number of benzene rings is 3. The Hall–Kier alpha value is -3.60. The molecular formula is C28H29NO4. The zero-order valence-corrected chi connectivity index (χ0v) is 18.9. The van der Waals surface area contributed by atoms with Crippen molar-refractivity contribution in [2.75, 3.05) is 7.11 Å². The molecule has 1 atom stereocenters. The Bertz CT molecular complexity index is 1110. The number of hydrogen-bond acceptors (Lipinski definition) is 3. The number of aryl methyl sites for hydroxylation is 1. The number of fused-ring (bicyclic) bond motifs is 1. The number of hydrogen-bond donors (Lipinski definition) is 1. The summed E-state index contributed by atoms with van der Waals surface area (Å²) in [5.74, 6) is 0.370. The number of nitrogens with zero attached hydrogens (tertiary/aromatic N) is 1. The minimum atomic E-state index is -0.950. The summed E-state index contributed by atoms with van der Waals surface area (Å²) in [5.41, 5.74) is 4.87. The van der Waals surface area contributed by atoms with Gasteiger partial charge in [0.2, 0.25) is 5.91 Å². The molecule has 5 nitrogen and oxygen atoms in total. The first-order valence-electron chi connectivity index (χ1n) is 11.3. The first-order chi connectivity index (χ1) is 16.0. The lowest BCUT2D eigenvalue weighted by Gasteiger charge is -2.28. The molecule has 1 N–H and O–H groups in total. The number of rotatable bonds is 8. The molecule has 3 aromatic rings. The molecule has 170 valence electrons. The molecule has 1 amide bonds. The molecule has 3 aromatic carbocycles. The highest BCUT2D eigenvalue weighted by Crippen LogP contribution is 2.31. The van der Waals surface area contributed by atoms with Gasteiger partial charge in [-0.05, 0) is 71.7 Å². The topological polar surface area (TPSA) is 66.8 Å². The lowest BCUT2D eigenvalue weighted by molar-refractivity contribution is -0.133. The summed E-state index contributed by atoms with van der Waals surface area (Å²) in [6.45, 7) is 0.981. The SMILES string of the molecule is COc1ccc2c(c1)CC[C@H](CC(=O)N(Cc1ccccc1)Cc1ccc(C(=O)O)cc1)C2. The third-order valence-electron chi connectivity index (χ3n) is 6.35. The van der Waals surface area contributed by atoms with E-state index in [1.54, 1.807) is 31.4 Å². The lowest BCUT2D eigenvalue weighted by Crippen LogP contribution is -2.32. The summed E-state index contributed by atoms with van der Waals surface area (Å²) >= 11 is 0. The Morgan fingerprint density at radius 3 is 2.30 bits per heavy atom. The third kappa shape index (κ3) is 5.80. The van der Waals surface area contributed by atoms with Crippen LogP contribution in [0.3, 0.4) is 0 Å². The van der Waals surface area contributed by atoms with Crippen LogP contribution in [-0.4, -0.2) is 29.0 Å². The number of carbonyl (C=O) groups excluding carboxylic acids is 1. The second kappa shape index (κ2) is 10.3. The van der Waals surface area contributed by atoms with Gasteiger partial charge in [-0.1, -0.05) is 48.5 Å². The fraction of sp³-hybridized carbons (Fsp3) is 0.286. The zero-order chi connectivity index (χ0) is 23.2. The summed E-state index contributed by atoms with van der Waals surface area (Å²) in [5, 5.41) is 9.15. The minimum absolute atomic E-state index is 0.128. The molecule has 5 heteroatoms. The van der Waals surface area contributed by atoms with Crippen molar-refractivity contribution in [1.82, 2.24) is 4.90 Å². The Balaban J connectivity index is 1.47. The molecule has 0 saturated heterocycles. The summed E-state index contributed by atoms with van der Waals surface area (Å²) < 4.78 is 5.34. The molecule has 1 aliphatic rings. The van der Waals surface area contributed by atoms with E-state index < -0.39 is 5.97 Å². The van der Waals surface area contributed by atoms with Gasteiger partial charge in [0, 0.05) is 19.5 Å². The van der Waals surface area contributed by atoms with E-state index in [9.17, 15) is 9.59 Å². The molecule has 0 aliphatic heterocycles. The number of methoxy groups -OCH3 is 1. The van der Waals surface area contributed by atoms with Crippen molar-refractivity contribution in [3.05, 3.63) is 101 Å². The van der Waals surface area contributed by atoms with Gasteiger partial charge in [0.1, 0.15) is 5.75 Å². The maximum atomic E-state index is 13.4. The summed E-state index contributed by atoms with van der Waals surface area (Å²) in [4.78, 5) is 26.5. The van der Waals surface area contributed by atoms with Gasteiger partial charge in [0.15, 0.2) is 0 Å². The maximum absolute atomic E-state index is 13.4. The van der Waals surface area contributed by atoms with E-state index in [0.29, 0.717) is 25.4 Å².